The normalized spacial score (nSPS) is 15.0. The van der Waals surface area contributed by atoms with E-state index >= 15 is 0 Å². The summed E-state index contributed by atoms with van der Waals surface area (Å²) >= 11 is 0. The monoisotopic (exact) mass is 654 g/mol. The molecule has 0 fully saturated rings. The minimum Gasteiger partial charge on any atom is -0.481 e. The molecule has 15 heteroatoms. The average molecular weight is 655 g/mol. The number of hydrogen-bond acceptors (Lipinski definition) is 9. The van der Waals surface area contributed by atoms with Gasteiger partial charge in [0.15, 0.2) is 0 Å². The quantitative estimate of drug-likeness (QED) is 0.0755. The van der Waals surface area contributed by atoms with Gasteiger partial charge in [0.1, 0.15) is 18.1 Å². The van der Waals surface area contributed by atoms with E-state index in [2.05, 4.69) is 26.3 Å². The molecule has 0 aliphatic carbocycles. The molecule has 4 amide bonds. The Morgan fingerprint density at radius 3 is 1.98 bits per heavy atom. The molecule has 6 atom stereocenters. The van der Waals surface area contributed by atoms with Crippen molar-refractivity contribution in [2.45, 2.75) is 68.9 Å². The Labute approximate surface area is 270 Å². The maximum atomic E-state index is 13.6. The zero-order chi connectivity index (χ0) is 34.5. The van der Waals surface area contributed by atoms with Crippen molar-refractivity contribution in [3.8, 4) is 0 Å². The number of carbonyl (C=O) groups is 5. The molecule has 3 aromatic rings. The lowest BCUT2D eigenvalue weighted by Crippen LogP contribution is -2.60. The number of aliphatic hydroxyl groups is 3. The molecule has 254 valence electrons. The van der Waals surface area contributed by atoms with Crippen LogP contribution in [0.2, 0.25) is 0 Å². The van der Waals surface area contributed by atoms with Gasteiger partial charge < -0.3 is 52.4 Å². The zero-order valence-corrected chi connectivity index (χ0v) is 25.9. The third-order valence-electron chi connectivity index (χ3n) is 7.58. The van der Waals surface area contributed by atoms with E-state index in [4.69, 9.17) is 10.8 Å². The Hall–Kier alpha value is -4.83. The molecule has 0 spiro atoms. The van der Waals surface area contributed by atoms with Crippen LogP contribution in [0.4, 0.5) is 0 Å². The first-order valence-corrected chi connectivity index (χ1v) is 15.1. The highest BCUT2D eigenvalue weighted by atomic mass is 16.4. The molecule has 3 rings (SSSR count). The molecule has 47 heavy (non-hydrogen) atoms. The van der Waals surface area contributed by atoms with Crippen molar-refractivity contribution in [2.75, 3.05) is 13.2 Å². The third kappa shape index (κ3) is 10.9. The summed E-state index contributed by atoms with van der Waals surface area (Å²) < 4.78 is 0. The number of hydrogen-bond donors (Lipinski definition) is 10. The number of aliphatic hydroxyl groups excluding tert-OH is 3. The van der Waals surface area contributed by atoms with Gasteiger partial charge in [-0.2, -0.15) is 0 Å². The number of nitrogens with one attached hydrogen (secondary N) is 5. The number of benzene rings is 2. The number of para-hydroxylation sites is 1. The molecule has 0 bridgehead atoms. The van der Waals surface area contributed by atoms with Gasteiger partial charge in [0.2, 0.25) is 23.6 Å². The number of aliphatic carboxylic acids is 1. The summed E-state index contributed by atoms with van der Waals surface area (Å²) in [5, 5.41) is 49.3. The van der Waals surface area contributed by atoms with Crippen molar-refractivity contribution in [1.82, 2.24) is 26.3 Å². The van der Waals surface area contributed by atoms with Crippen molar-refractivity contribution in [3.05, 3.63) is 71.9 Å². The van der Waals surface area contributed by atoms with E-state index in [9.17, 15) is 39.3 Å². The number of rotatable bonds is 18. The predicted octanol–water partition coefficient (Wildman–Crippen LogP) is -1.55. The highest BCUT2D eigenvalue weighted by Crippen LogP contribution is 2.19. The lowest BCUT2D eigenvalue weighted by Gasteiger charge is -2.26. The topological polar surface area (TPSA) is 256 Å². The molecule has 1 heterocycles. The van der Waals surface area contributed by atoms with Crippen LogP contribution < -0.4 is 27.0 Å². The summed E-state index contributed by atoms with van der Waals surface area (Å²) in [5.41, 5.74) is 7.99. The van der Waals surface area contributed by atoms with E-state index < -0.39 is 79.1 Å². The molecule has 0 aliphatic heterocycles. The van der Waals surface area contributed by atoms with Crippen LogP contribution in [-0.4, -0.2) is 105 Å². The van der Waals surface area contributed by atoms with Crippen LogP contribution in [0.15, 0.2) is 60.8 Å². The van der Waals surface area contributed by atoms with Gasteiger partial charge in [0.25, 0.3) is 0 Å². The summed E-state index contributed by atoms with van der Waals surface area (Å²) in [4.78, 5) is 67.0. The summed E-state index contributed by atoms with van der Waals surface area (Å²) in [5.74, 6) is -4.40. The second-order valence-corrected chi connectivity index (χ2v) is 11.2. The van der Waals surface area contributed by atoms with Gasteiger partial charge in [-0.25, -0.2) is 0 Å². The van der Waals surface area contributed by atoms with Gasteiger partial charge in [0, 0.05) is 36.4 Å². The number of aromatic nitrogens is 1. The Balaban J connectivity index is 1.80. The third-order valence-corrected chi connectivity index (χ3v) is 7.58. The molecule has 1 aromatic heterocycles. The summed E-state index contributed by atoms with van der Waals surface area (Å²) in [7, 11) is 0. The first-order valence-electron chi connectivity index (χ1n) is 15.1. The number of carboxylic acids is 1. The van der Waals surface area contributed by atoms with Crippen molar-refractivity contribution in [3.63, 3.8) is 0 Å². The fraction of sp³-hybridized carbons (Fsp3) is 0.406. The fourth-order valence-electron chi connectivity index (χ4n) is 4.82. The predicted molar refractivity (Wildman–Crippen MR) is 171 cm³/mol. The van der Waals surface area contributed by atoms with Crippen molar-refractivity contribution >= 4 is 40.5 Å². The second kappa shape index (κ2) is 17.8. The Bertz CT molecular complexity index is 1510. The van der Waals surface area contributed by atoms with E-state index in [1.807, 2.05) is 18.2 Å². The number of fused-ring (bicyclic) bond motifs is 1. The van der Waals surface area contributed by atoms with Gasteiger partial charge >= 0.3 is 5.97 Å². The number of carbonyl (C=O) groups excluding carboxylic acids is 4. The average Bonchev–Trinajstić information content (AvgIpc) is 3.46. The van der Waals surface area contributed by atoms with E-state index in [1.165, 1.54) is 6.92 Å². The number of carboxylic acid groups (broad SMARTS) is 1. The molecule has 0 saturated heterocycles. The van der Waals surface area contributed by atoms with Gasteiger partial charge in [-0.15, -0.1) is 0 Å². The van der Waals surface area contributed by atoms with Gasteiger partial charge in [-0.05, 0) is 30.5 Å². The van der Waals surface area contributed by atoms with Crippen molar-refractivity contribution < 1.29 is 44.4 Å². The molecule has 0 aliphatic rings. The highest BCUT2D eigenvalue weighted by molar-refractivity contribution is 5.95. The molecule has 15 nitrogen and oxygen atoms in total. The first kappa shape index (κ1) is 36.6. The smallest absolute Gasteiger partial charge is 0.303 e. The molecule has 2 aromatic carbocycles. The minimum absolute atomic E-state index is 0.00986. The Morgan fingerprint density at radius 1 is 0.766 bits per heavy atom. The van der Waals surface area contributed by atoms with Crippen LogP contribution in [0.5, 0.6) is 0 Å². The fourth-order valence-corrected chi connectivity index (χ4v) is 4.82. The van der Waals surface area contributed by atoms with Crippen LogP contribution in [0.3, 0.4) is 0 Å². The maximum absolute atomic E-state index is 13.6. The number of H-pyrrole nitrogens is 1. The second-order valence-electron chi connectivity index (χ2n) is 11.2. The summed E-state index contributed by atoms with van der Waals surface area (Å²) in [6.45, 7) is -0.0436. The van der Waals surface area contributed by atoms with Crippen LogP contribution >= 0.6 is 0 Å². The number of amides is 4. The Morgan fingerprint density at radius 2 is 1.34 bits per heavy atom. The van der Waals surface area contributed by atoms with Crippen molar-refractivity contribution in [1.29, 1.82) is 0 Å². The molecular formula is C32H42N6O9. The van der Waals surface area contributed by atoms with E-state index in [0.717, 1.165) is 10.9 Å². The maximum Gasteiger partial charge on any atom is 0.303 e. The van der Waals surface area contributed by atoms with Gasteiger partial charge in [-0.1, -0.05) is 48.5 Å². The van der Waals surface area contributed by atoms with Gasteiger partial charge in [0.05, 0.1) is 31.4 Å². The SMILES string of the molecule is C[C@@H](O)[C@@H](CO)NC(=O)[C@H](Cc1ccccc1)NC(=O)[C@H](CO)NC(=O)[C@H](Cc1c[nH]c2ccccc12)NC(=O)[C@@H](N)CCC(=O)O. The molecule has 0 radical (unpaired) electrons. The lowest BCUT2D eigenvalue weighted by atomic mass is 10.0. The first-order chi connectivity index (χ1) is 22.4. The highest BCUT2D eigenvalue weighted by Gasteiger charge is 2.32. The molecule has 11 N–H and O–H groups in total. The van der Waals surface area contributed by atoms with Crippen LogP contribution in [-0.2, 0) is 36.8 Å². The Kier molecular flexibility index (Phi) is 13.8. The summed E-state index contributed by atoms with van der Waals surface area (Å²) in [6, 6.07) is 9.66. The van der Waals surface area contributed by atoms with E-state index in [-0.39, 0.29) is 25.7 Å². The number of aromatic amines is 1. The molecule has 0 unspecified atom stereocenters. The molecule has 0 saturated carbocycles. The minimum atomic E-state index is -1.55. The van der Waals surface area contributed by atoms with Crippen LogP contribution in [0.25, 0.3) is 10.9 Å². The standard InChI is InChI=1S/C32H42N6O9/c1-18(41)26(16-39)37-30(45)24(13-19-7-3-2-4-8-19)36-32(47)27(17-40)38-31(46)25(35-29(44)22(33)11-12-28(42)43)14-20-15-34-23-10-6-5-9-21(20)23/h2-10,15,18,22,24-27,34,39-41H,11-14,16-17,33H2,1H3,(H,35,44)(H,36,47)(H,37,45)(H,38,46)(H,42,43)/t18-,22+,24+,25+,26-,27+/m1/s1. The van der Waals surface area contributed by atoms with Crippen LogP contribution in [0, 0.1) is 0 Å². The van der Waals surface area contributed by atoms with Crippen molar-refractivity contribution in [2.24, 2.45) is 5.73 Å². The summed E-state index contributed by atoms with van der Waals surface area (Å²) in [6.07, 6.45) is -0.0138. The number of nitrogens with two attached hydrogens (primary N) is 1. The van der Waals surface area contributed by atoms with E-state index in [0.29, 0.717) is 11.1 Å². The van der Waals surface area contributed by atoms with Crippen LogP contribution in [0.1, 0.15) is 30.9 Å². The molecular weight excluding hydrogens is 612 g/mol. The van der Waals surface area contributed by atoms with E-state index in [1.54, 1.807) is 42.6 Å². The largest absolute Gasteiger partial charge is 0.481 e. The lowest BCUT2D eigenvalue weighted by molar-refractivity contribution is -0.137. The zero-order valence-electron chi connectivity index (χ0n) is 25.9. The van der Waals surface area contributed by atoms with Gasteiger partial charge in [-0.3, -0.25) is 24.0 Å².